The van der Waals surface area contributed by atoms with Crippen molar-refractivity contribution in [1.29, 1.82) is 0 Å². The van der Waals surface area contributed by atoms with E-state index in [-0.39, 0.29) is 0 Å². The second-order valence-corrected chi connectivity index (χ2v) is 7.63. The fourth-order valence-corrected chi connectivity index (χ4v) is 3.26. The Kier molecular flexibility index (Phi) is 9.50. The standard InChI is InChI=1S/C25H29N5O3/c31-24(20-11-9-19(10-12-20)16-27-18-22-7-2-4-15-29-22)30-23(25(32)33)8-5-13-26-17-21-6-1-3-14-28-21/h1-4,6-7,9-12,14-15,23,26-27H,5,8,13,16-18H2,(H,30,31)(H,32,33)/t23-/m0/s1. The number of nitrogens with one attached hydrogen (secondary N) is 3. The molecule has 8 nitrogen and oxygen atoms in total. The molecule has 0 saturated heterocycles. The van der Waals surface area contributed by atoms with Crippen molar-refractivity contribution >= 4 is 11.9 Å². The Morgan fingerprint density at radius 1 is 0.818 bits per heavy atom. The molecular weight excluding hydrogens is 418 g/mol. The maximum Gasteiger partial charge on any atom is 0.326 e. The number of nitrogens with zero attached hydrogens (tertiary/aromatic N) is 2. The number of carboxylic acids is 1. The molecule has 0 fully saturated rings. The van der Waals surface area contributed by atoms with Gasteiger partial charge in [-0.05, 0) is 61.3 Å². The summed E-state index contributed by atoms with van der Waals surface area (Å²) >= 11 is 0. The number of benzene rings is 1. The molecule has 1 atom stereocenters. The molecule has 0 aliphatic rings. The smallest absolute Gasteiger partial charge is 0.326 e. The van der Waals surface area contributed by atoms with E-state index in [0.29, 0.717) is 44.6 Å². The fraction of sp³-hybridized carbons (Fsp3) is 0.280. The van der Waals surface area contributed by atoms with Crippen LogP contribution in [-0.2, 0) is 24.4 Å². The summed E-state index contributed by atoms with van der Waals surface area (Å²) in [6.07, 6.45) is 4.45. The van der Waals surface area contributed by atoms with Crippen LogP contribution in [0.25, 0.3) is 0 Å². The van der Waals surface area contributed by atoms with Crippen molar-refractivity contribution in [3.8, 4) is 0 Å². The Balaban J connectivity index is 1.40. The summed E-state index contributed by atoms with van der Waals surface area (Å²) in [5, 5.41) is 18.6. The Labute approximate surface area is 193 Å². The van der Waals surface area contributed by atoms with Crippen molar-refractivity contribution in [3.63, 3.8) is 0 Å². The van der Waals surface area contributed by atoms with E-state index in [1.807, 2.05) is 48.5 Å². The number of pyridine rings is 2. The van der Waals surface area contributed by atoms with Crippen molar-refractivity contribution < 1.29 is 14.7 Å². The van der Waals surface area contributed by atoms with Gasteiger partial charge in [0.1, 0.15) is 6.04 Å². The van der Waals surface area contributed by atoms with E-state index in [0.717, 1.165) is 17.0 Å². The maximum atomic E-state index is 12.5. The first-order valence-corrected chi connectivity index (χ1v) is 11.0. The van der Waals surface area contributed by atoms with Gasteiger partial charge in [0, 0.05) is 37.6 Å². The minimum absolute atomic E-state index is 0.339. The molecule has 1 aromatic carbocycles. The third kappa shape index (κ3) is 8.44. The molecule has 8 heteroatoms. The molecule has 3 aromatic rings. The zero-order valence-corrected chi connectivity index (χ0v) is 18.4. The van der Waals surface area contributed by atoms with Crippen LogP contribution < -0.4 is 16.0 Å². The van der Waals surface area contributed by atoms with Crippen LogP contribution in [0.2, 0.25) is 0 Å². The normalized spacial score (nSPS) is 11.6. The van der Waals surface area contributed by atoms with Gasteiger partial charge in [0.25, 0.3) is 5.91 Å². The lowest BCUT2D eigenvalue weighted by molar-refractivity contribution is -0.139. The average molecular weight is 448 g/mol. The zero-order valence-electron chi connectivity index (χ0n) is 18.4. The zero-order chi connectivity index (χ0) is 23.3. The van der Waals surface area contributed by atoms with Crippen LogP contribution in [0.15, 0.2) is 73.1 Å². The number of hydrogen-bond acceptors (Lipinski definition) is 6. The van der Waals surface area contributed by atoms with Gasteiger partial charge in [-0.1, -0.05) is 24.3 Å². The summed E-state index contributed by atoms with van der Waals surface area (Å²) in [6, 6.07) is 17.7. The molecule has 3 rings (SSSR count). The van der Waals surface area contributed by atoms with Gasteiger partial charge < -0.3 is 21.1 Å². The van der Waals surface area contributed by atoms with E-state index in [1.54, 1.807) is 24.5 Å². The summed E-state index contributed by atoms with van der Waals surface area (Å²) < 4.78 is 0. The van der Waals surface area contributed by atoms with E-state index >= 15 is 0 Å². The van der Waals surface area contributed by atoms with Crippen molar-refractivity contribution in [1.82, 2.24) is 25.9 Å². The molecule has 0 aliphatic heterocycles. The van der Waals surface area contributed by atoms with E-state index < -0.39 is 17.9 Å². The molecule has 0 saturated carbocycles. The minimum atomic E-state index is -1.04. The molecule has 172 valence electrons. The van der Waals surface area contributed by atoms with Crippen molar-refractivity contribution in [3.05, 3.63) is 95.6 Å². The lowest BCUT2D eigenvalue weighted by Gasteiger charge is -2.15. The van der Waals surface area contributed by atoms with Gasteiger partial charge in [-0.15, -0.1) is 0 Å². The number of carboxylic acid groups (broad SMARTS) is 1. The number of aromatic nitrogens is 2. The van der Waals surface area contributed by atoms with Gasteiger partial charge in [0.05, 0.1) is 11.4 Å². The third-order valence-electron chi connectivity index (χ3n) is 5.06. The SMILES string of the molecule is O=C(N[C@@H](CCCNCc1ccccn1)C(=O)O)c1ccc(CNCc2ccccn2)cc1. The predicted molar refractivity (Wildman–Crippen MR) is 125 cm³/mol. The molecule has 33 heavy (non-hydrogen) atoms. The monoisotopic (exact) mass is 447 g/mol. The highest BCUT2D eigenvalue weighted by molar-refractivity contribution is 5.96. The van der Waals surface area contributed by atoms with Crippen LogP contribution in [0, 0.1) is 0 Å². The van der Waals surface area contributed by atoms with Gasteiger partial charge in [0.15, 0.2) is 0 Å². The van der Waals surface area contributed by atoms with Gasteiger partial charge >= 0.3 is 5.97 Å². The third-order valence-corrected chi connectivity index (χ3v) is 5.06. The molecule has 0 aliphatic carbocycles. The van der Waals surface area contributed by atoms with Gasteiger partial charge in [0.2, 0.25) is 0 Å². The number of rotatable bonds is 13. The highest BCUT2D eigenvalue weighted by Gasteiger charge is 2.20. The summed E-state index contributed by atoms with van der Waals surface area (Å²) in [4.78, 5) is 32.6. The number of amides is 1. The molecule has 4 N–H and O–H groups in total. The van der Waals surface area contributed by atoms with E-state index in [1.165, 1.54) is 0 Å². The molecule has 0 unspecified atom stereocenters. The first kappa shape index (κ1) is 24.0. The van der Waals surface area contributed by atoms with Crippen LogP contribution in [0.3, 0.4) is 0 Å². The second kappa shape index (κ2) is 13.0. The summed E-state index contributed by atoms with van der Waals surface area (Å²) in [5.74, 6) is -1.43. The fourth-order valence-electron chi connectivity index (χ4n) is 3.26. The molecule has 0 spiro atoms. The Hall–Kier alpha value is -3.62. The number of carbonyl (C=O) groups excluding carboxylic acids is 1. The van der Waals surface area contributed by atoms with E-state index in [4.69, 9.17) is 0 Å². The summed E-state index contributed by atoms with van der Waals surface area (Å²) in [7, 11) is 0. The summed E-state index contributed by atoms with van der Waals surface area (Å²) in [6.45, 7) is 2.55. The molecule has 2 aromatic heterocycles. The number of carbonyl (C=O) groups is 2. The van der Waals surface area contributed by atoms with Crippen LogP contribution in [0.1, 0.15) is 40.2 Å². The Bertz CT molecular complexity index is 998. The van der Waals surface area contributed by atoms with Crippen molar-refractivity contribution in [2.45, 2.75) is 38.5 Å². The molecule has 2 heterocycles. The minimum Gasteiger partial charge on any atom is -0.480 e. The van der Waals surface area contributed by atoms with E-state index in [2.05, 4.69) is 25.9 Å². The number of aliphatic carboxylic acids is 1. The first-order valence-electron chi connectivity index (χ1n) is 11.0. The highest BCUT2D eigenvalue weighted by atomic mass is 16.4. The number of hydrogen-bond donors (Lipinski definition) is 4. The molecular formula is C25H29N5O3. The lowest BCUT2D eigenvalue weighted by atomic mass is 10.1. The van der Waals surface area contributed by atoms with Crippen LogP contribution >= 0.6 is 0 Å². The maximum absolute atomic E-state index is 12.5. The summed E-state index contributed by atoms with van der Waals surface area (Å²) in [5.41, 5.74) is 3.34. The topological polar surface area (TPSA) is 116 Å². The highest BCUT2D eigenvalue weighted by Crippen LogP contribution is 2.07. The van der Waals surface area contributed by atoms with Gasteiger partial charge in [-0.25, -0.2) is 4.79 Å². The molecule has 1 amide bonds. The predicted octanol–water partition coefficient (Wildman–Crippen LogP) is 2.52. The van der Waals surface area contributed by atoms with Crippen molar-refractivity contribution in [2.75, 3.05) is 6.54 Å². The molecule has 0 radical (unpaired) electrons. The molecule has 0 bridgehead atoms. The first-order chi connectivity index (χ1) is 16.1. The lowest BCUT2D eigenvalue weighted by Crippen LogP contribution is -2.41. The quantitative estimate of drug-likeness (QED) is 0.298. The second-order valence-electron chi connectivity index (χ2n) is 7.63. The largest absolute Gasteiger partial charge is 0.480 e. The van der Waals surface area contributed by atoms with E-state index in [9.17, 15) is 14.7 Å². The Morgan fingerprint density at radius 2 is 1.45 bits per heavy atom. The van der Waals surface area contributed by atoms with Crippen LogP contribution in [0.4, 0.5) is 0 Å². The van der Waals surface area contributed by atoms with Gasteiger partial charge in [-0.2, -0.15) is 0 Å². The Morgan fingerprint density at radius 3 is 2.03 bits per heavy atom. The van der Waals surface area contributed by atoms with Crippen LogP contribution in [-0.4, -0.2) is 39.5 Å². The average Bonchev–Trinajstić information content (AvgIpc) is 2.84. The van der Waals surface area contributed by atoms with Crippen molar-refractivity contribution in [2.24, 2.45) is 0 Å². The van der Waals surface area contributed by atoms with Gasteiger partial charge in [-0.3, -0.25) is 14.8 Å². The van der Waals surface area contributed by atoms with Crippen LogP contribution in [0.5, 0.6) is 0 Å².